The van der Waals surface area contributed by atoms with Crippen LogP contribution in [0, 0.1) is 11.3 Å². The van der Waals surface area contributed by atoms with Crippen molar-refractivity contribution in [2.45, 2.75) is 5.92 Å². The number of hydrogen-bond donors (Lipinski definition) is 0. The van der Waals surface area contributed by atoms with E-state index in [-0.39, 0.29) is 0 Å². The van der Waals surface area contributed by atoms with Crippen molar-refractivity contribution in [1.29, 1.82) is 5.26 Å². The number of hydrogen-bond acceptors (Lipinski definition) is 5. The predicted octanol–water partition coefficient (Wildman–Crippen LogP) is 4.53. The second-order valence-electron chi connectivity index (χ2n) is 5.92. The lowest BCUT2D eigenvalue weighted by Crippen LogP contribution is -2.04. The summed E-state index contributed by atoms with van der Waals surface area (Å²) in [6, 6.07) is 17.5. The fourth-order valence-corrected chi connectivity index (χ4v) is 3.30. The van der Waals surface area contributed by atoms with E-state index < -0.39 is 5.92 Å². The van der Waals surface area contributed by atoms with Crippen LogP contribution in [0.4, 0.5) is 0 Å². The van der Waals surface area contributed by atoms with Gasteiger partial charge in [0.2, 0.25) is 0 Å². The molecular formula is C22H21NO4. The quantitative estimate of drug-likeness (QED) is 0.644. The number of nitrogens with zero attached hydrogens (tertiary/aromatic N) is 1. The average molecular weight is 363 g/mol. The highest BCUT2D eigenvalue weighted by atomic mass is 16.5. The third-order valence-electron chi connectivity index (χ3n) is 4.59. The van der Waals surface area contributed by atoms with Gasteiger partial charge in [0.05, 0.1) is 34.5 Å². The lowest BCUT2D eigenvalue weighted by atomic mass is 9.89. The summed E-state index contributed by atoms with van der Waals surface area (Å²) < 4.78 is 22.0. The van der Waals surface area contributed by atoms with Gasteiger partial charge in [0.15, 0.2) is 11.5 Å². The minimum Gasteiger partial charge on any atom is -0.496 e. The van der Waals surface area contributed by atoms with E-state index in [4.69, 9.17) is 18.9 Å². The highest BCUT2D eigenvalue weighted by molar-refractivity contribution is 5.95. The molecule has 1 atom stereocenters. The number of benzene rings is 3. The van der Waals surface area contributed by atoms with Crippen LogP contribution in [-0.4, -0.2) is 28.4 Å². The number of nitriles is 1. The molecular weight excluding hydrogens is 342 g/mol. The van der Waals surface area contributed by atoms with E-state index in [1.807, 2.05) is 42.5 Å². The van der Waals surface area contributed by atoms with Crippen LogP contribution < -0.4 is 18.9 Å². The van der Waals surface area contributed by atoms with E-state index in [0.29, 0.717) is 23.0 Å². The third-order valence-corrected chi connectivity index (χ3v) is 4.59. The molecule has 0 heterocycles. The van der Waals surface area contributed by atoms with Crippen molar-refractivity contribution < 1.29 is 18.9 Å². The summed E-state index contributed by atoms with van der Waals surface area (Å²) in [5.41, 5.74) is 1.52. The monoisotopic (exact) mass is 363 g/mol. The van der Waals surface area contributed by atoms with E-state index >= 15 is 0 Å². The van der Waals surface area contributed by atoms with Crippen LogP contribution >= 0.6 is 0 Å². The minimum atomic E-state index is -0.557. The van der Waals surface area contributed by atoms with E-state index in [0.717, 1.165) is 21.9 Å². The summed E-state index contributed by atoms with van der Waals surface area (Å²) in [5, 5.41) is 11.8. The largest absolute Gasteiger partial charge is 0.496 e. The van der Waals surface area contributed by atoms with Crippen molar-refractivity contribution in [2.24, 2.45) is 0 Å². The molecule has 0 fully saturated rings. The molecule has 3 aromatic rings. The third kappa shape index (κ3) is 3.22. The van der Waals surface area contributed by atoms with Crippen LogP contribution in [0.15, 0.2) is 48.5 Å². The first kappa shape index (κ1) is 18.4. The molecule has 27 heavy (non-hydrogen) atoms. The molecule has 0 spiro atoms. The highest BCUT2D eigenvalue weighted by Crippen LogP contribution is 2.43. The first-order valence-electron chi connectivity index (χ1n) is 8.43. The number of ether oxygens (including phenoxy) is 4. The smallest absolute Gasteiger partial charge is 0.161 e. The van der Waals surface area contributed by atoms with Gasteiger partial charge in [-0.1, -0.05) is 30.3 Å². The predicted molar refractivity (Wildman–Crippen MR) is 104 cm³/mol. The molecule has 1 unspecified atom stereocenters. The Labute approximate surface area is 158 Å². The van der Waals surface area contributed by atoms with Gasteiger partial charge in [-0.3, -0.25) is 0 Å². The molecule has 0 aliphatic rings. The van der Waals surface area contributed by atoms with Gasteiger partial charge in [0.1, 0.15) is 17.4 Å². The molecule has 0 aromatic heterocycles. The Morgan fingerprint density at radius 3 is 2.00 bits per heavy atom. The molecule has 3 aromatic carbocycles. The van der Waals surface area contributed by atoms with E-state index in [2.05, 4.69) is 6.07 Å². The number of fused-ring (bicyclic) bond motifs is 1. The lowest BCUT2D eigenvalue weighted by molar-refractivity contribution is 0.354. The molecule has 0 aliphatic carbocycles. The highest BCUT2D eigenvalue weighted by Gasteiger charge is 2.23. The molecule has 0 saturated heterocycles. The molecule has 0 bridgehead atoms. The fourth-order valence-electron chi connectivity index (χ4n) is 3.30. The van der Waals surface area contributed by atoms with Crippen LogP contribution in [0.3, 0.4) is 0 Å². The normalized spacial score (nSPS) is 11.5. The summed E-state index contributed by atoms with van der Waals surface area (Å²) in [4.78, 5) is 0. The van der Waals surface area contributed by atoms with Crippen molar-refractivity contribution in [3.8, 4) is 29.1 Å². The van der Waals surface area contributed by atoms with Crippen LogP contribution in [0.2, 0.25) is 0 Å². The summed E-state index contributed by atoms with van der Waals surface area (Å²) in [7, 11) is 6.38. The lowest BCUT2D eigenvalue weighted by Gasteiger charge is -2.19. The van der Waals surface area contributed by atoms with Gasteiger partial charge in [-0.15, -0.1) is 0 Å². The van der Waals surface area contributed by atoms with Crippen LogP contribution in [0.25, 0.3) is 10.8 Å². The van der Waals surface area contributed by atoms with Gasteiger partial charge in [-0.2, -0.15) is 5.26 Å². The fraction of sp³-hybridized carbons (Fsp3) is 0.227. The summed E-state index contributed by atoms with van der Waals surface area (Å²) >= 11 is 0. The van der Waals surface area contributed by atoms with E-state index in [1.165, 1.54) is 0 Å². The topological polar surface area (TPSA) is 60.7 Å². The molecule has 138 valence electrons. The molecule has 0 aliphatic heterocycles. The van der Waals surface area contributed by atoms with Crippen molar-refractivity contribution in [3.63, 3.8) is 0 Å². The Kier molecular flexibility index (Phi) is 5.37. The van der Waals surface area contributed by atoms with Crippen molar-refractivity contribution in [1.82, 2.24) is 0 Å². The molecule has 3 rings (SSSR count). The van der Waals surface area contributed by atoms with E-state index in [9.17, 15) is 5.26 Å². The summed E-state index contributed by atoms with van der Waals surface area (Å²) in [6.45, 7) is 0. The number of rotatable bonds is 6. The zero-order valence-corrected chi connectivity index (χ0v) is 15.8. The Balaban J connectivity index is 2.24. The molecule has 0 N–H and O–H groups in total. The molecule has 0 saturated carbocycles. The maximum atomic E-state index is 9.96. The van der Waals surface area contributed by atoms with Crippen molar-refractivity contribution in [2.75, 3.05) is 28.4 Å². The Morgan fingerprint density at radius 2 is 1.41 bits per heavy atom. The first-order valence-corrected chi connectivity index (χ1v) is 8.43. The first-order chi connectivity index (χ1) is 13.2. The van der Waals surface area contributed by atoms with Gasteiger partial charge in [0, 0.05) is 16.3 Å². The average Bonchev–Trinajstić information content (AvgIpc) is 2.73. The number of methoxy groups -OCH3 is 4. The van der Waals surface area contributed by atoms with Crippen molar-refractivity contribution >= 4 is 10.8 Å². The maximum Gasteiger partial charge on any atom is 0.161 e. The second-order valence-corrected chi connectivity index (χ2v) is 5.92. The van der Waals surface area contributed by atoms with Gasteiger partial charge in [-0.05, 0) is 23.8 Å². The van der Waals surface area contributed by atoms with Crippen molar-refractivity contribution in [3.05, 3.63) is 59.7 Å². The zero-order chi connectivity index (χ0) is 19.4. The Hall–Kier alpha value is -3.39. The molecule has 0 radical (unpaired) electrons. The van der Waals surface area contributed by atoms with Gasteiger partial charge in [-0.25, -0.2) is 0 Å². The molecule has 5 nitrogen and oxygen atoms in total. The standard InChI is InChI=1S/C22H21NO4/c1-24-19-10-9-14(11-21(19)26-3)18(13-23)17-12-20(25-2)15-7-5-6-8-16(15)22(17)27-4/h5-12,18H,1-4H3. The van der Waals surface area contributed by atoms with Crippen LogP contribution in [-0.2, 0) is 0 Å². The second kappa shape index (κ2) is 7.88. The molecule has 5 heteroatoms. The minimum absolute atomic E-state index is 0.557. The van der Waals surface area contributed by atoms with Crippen LogP contribution in [0.1, 0.15) is 17.0 Å². The van der Waals surface area contributed by atoms with Crippen LogP contribution in [0.5, 0.6) is 23.0 Å². The summed E-state index contributed by atoms with van der Waals surface area (Å²) in [5.74, 6) is 1.98. The Bertz CT molecular complexity index is 1010. The van der Waals surface area contributed by atoms with Gasteiger partial charge < -0.3 is 18.9 Å². The maximum absolute atomic E-state index is 9.96. The SMILES string of the molecule is COc1ccc(C(C#N)c2cc(OC)c3ccccc3c2OC)cc1OC. The zero-order valence-electron chi connectivity index (χ0n) is 15.8. The van der Waals surface area contributed by atoms with Gasteiger partial charge >= 0.3 is 0 Å². The van der Waals surface area contributed by atoms with Gasteiger partial charge in [0.25, 0.3) is 0 Å². The van der Waals surface area contributed by atoms with E-state index in [1.54, 1.807) is 34.5 Å². The Morgan fingerprint density at radius 1 is 0.741 bits per heavy atom. The molecule has 0 amide bonds. The summed E-state index contributed by atoms with van der Waals surface area (Å²) in [6.07, 6.45) is 0.